The summed E-state index contributed by atoms with van der Waals surface area (Å²) < 4.78 is 10.8. The number of hydrogen-bond donors (Lipinski definition) is 1. The zero-order chi connectivity index (χ0) is 30.1. The zero-order valence-electron chi connectivity index (χ0n) is 24.3. The van der Waals surface area contributed by atoms with Gasteiger partial charge in [0, 0.05) is 30.8 Å². The number of imide groups is 1. The van der Waals surface area contributed by atoms with Crippen molar-refractivity contribution < 1.29 is 28.7 Å². The van der Waals surface area contributed by atoms with E-state index in [1.54, 1.807) is 41.3 Å². The standard InChI is InChI=1S/C33H37N3O6/c1-33(2,3)42-32(40)35(20-10-9-19-34-31(39)41-23-25-11-5-4-6-12-25)21-24-15-17-26(18-16-24)29(37)36-22-27-13-7-8-14-28(27)30(36)38/h4-8,11-18H,9-10,19-23H2,1-3H3,(H,34,39). The van der Waals surface area contributed by atoms with Gasteiger partial charge in [-0.3, -0.25) is 14.5 Å². The maximum atomic E-state index is 13.1. The minimum absolute atomic E-state index is 0.200. The summed E-state index contributed by atoms with van der Waals surface area (Å²) in [6, 6.07) is 23.6. The van der Waals surface area contributed by atoms with E-state index in [0.29, 0.717) is 37.1 Å². The van der Waals surface area contributed by atoms with Crippen LogP contribution >= 0.6 is 0 Å². The van der Waals surface area contributed by atoms with Crippen LogP contribution < -0.4 is 5.32 Å². The molecule has 4 amide bonds. The molecular formula is C33H37N3O6. The van der Waals surface area contributed by atoms with E-state index in [2.05, 4.69) is 5.32 Å². The summed E-state index contributed by atoms with van der Waals surface area (Å²) in [5.41, 5.74) is 2.85. The Morgan fingerprint density at radius 2 is 1.57 bits per heavy atom. The molecule has 0 bridgehead atoms. The average molecular weight is 572 g/mol. The highest BCUT2D eigenvalue weighted by molar-refractivity contribution is 6.12. The van der Waals surface area contributed by atoms with Crippen molar-refractivity contribution in [3.05, 3.63) is 107 Å². The molecule has 1 heterocycles. The maximum absolute atomic E-state index is 13.1. The van der Waals surface area contributed by atoms with Crippen molar-refractivity contribution >= 4 is 24.0 Å². The molecule has 1 aliphatic rings. The molecule has 0 aliphatic carbocycles. The lowest BCUT2D eigenvalue weighted by molar-refractivity contribution is 0.0229. The third-order valence-corrected chi connectivity index (χ3v) is 6.63. The van der Waals surface area contributed by atoms with Gasteiger partial charge in [-0.2, -0.15) is 0 Å². The first-order valence-corrected chi connectivity index (χ1v) is 14.1. The van der Waals surface area contributed by atoms with Crippen LogP contribution in [0, 0.1) is 0 Å². The third kappa shape index (κ3) is 8.42. The Labute approximate surface area is 246 Å². The first kappa shape index (κ1) is 30.3. The number of carbonyl (C=O) groups is 4. The quantitative estimate of drug-likeness (QED) is 0.239. The van der Waals surface area contributed by atoms with Crippen LogP contribution in [0.3, 0.4) is 0 Å². The Balaban J connectivity index is 1.29. The van der Waals surface area contributed by atoms with Crippen LogP contribution in [-0.2, 0) is 29.2 Å². The highest BCUT2D eigenvalue weighted by Gasteiger charge is 2.32. The second-order valence-electron chi connectivity index (χ2n) is 11.1. The predicted octanol–water partition coefficient (Wildman–Crippen LogP) is 5.93. The largest absolute Gasteiger partial charge is 0.445 e. The molecule has 0 fully saturated rings. The molecule has 1 N–H and O–H groups in total. The van der Waals surface area contributed by atoms with Gasteiger partial charge in [0.25, 0.3) is 11.8 Å². The topological polar surface area (TPSA) is 105 Å². The molecule has 220 valence electrons. The average Bonchev–Trinajstić information content (AvgIpc) is 3.31. The van der Waals surface area contributed by atoms with Crippen molar-refractivity contribution in [2.75, 3.05) is 13.1 Å². The van der Waals surface area contributed by atoms with E-state index < -0.39 is 17.8 Å². The number of nitrogens with zero attached hydrogens (tertiary/aromatic N) is 2. The summed E-state index contributed by atoms with van der Waals surface area (Å²) >= 11 is 0. The molecule has 0 radical (unpaired) electrons. The minimum Gasteiger partial charge on any atom is -0.445 e. The monoisotopic (exact) mass is 571 g/mol. The molecule has 0 atom stereocenters. The molecule has 9 heteroatoms. The lowest BCUT2D eigenvalue weighted by Gasteiger charge is -2.27. The van der Waals surface area contributed by atoms with Crippen molar-refractivity contribution in [3.63, 3.8) is 0 Å². The van der Waals surface area contributed by atoms with Crippen molar-refractivity contribution in [1.82, 2.24) is 15.1 Å². The molecule has 0 unspecified atom stereocenters. The van der Waals surface area contributed by atoms with Gasteiger partial charge in [-0.05, 0) is 68.5 Å². The van der Waals surface area contributed by atoms with Crippen LogP contribution in [0.15, 0.2) is 78.9 Å². The number of benzene rings is 3. The molecule has 3 aromatic carbocycles. The third-order valence-electron chi connectivity index (χ3n) is 6.63. The van der Waals surface area contributed by atoms with E-state index in [1.165, 1.54) is 4.90 Å². The number of carbonyl (C=O) groups excluding carboxylic acids is 4. The van der Waals surface area contributed by atoms with E-state index in [9.17, 15) is 19.2 Å². The molecule has 42 heavy (non-hydrogen) atoms. The van der Waals surface area contributed by atoms with Gasteiger partial charge in [0.15, 0.2) is 0 Å². The Bertz CT molecular complexity index is 1400. The van der Waals surface area contributed by atoms with Crippen molar-refractivity contribution in [1.29, 1.82) is 0 Å². The first-order chi connectivity index (χ1) is 20.1. The van der Waals surface area contributed by atoms with Crippen LogP contribution in [0.4, 0.5) is 9.59 Å². The van der Waals surface area contributed by atoms with E-state index in [4.69, 9.17) is 9.47 Å². The molecule has 9 nitrogen and oxygen atoms in total. The Morgan fingerprint density at radius 1 is 0.881 bits per heavy atom. The van der Waals surface area contributed by atoms with Crippen molar-refractivity contribution in [2.24, 2.45) is 0 Å². The number of ether oxygens (including phenoxy) is 2. The minimum atomic E-state index is -0.657. The van der Waals surface area contributed by atoms with Gasteiger partial charge in [0.2, 0.25) is 0 Å². The molecular weight excluding hydrogens is 534 g/mol. The number of fused-ring (bicyclic) bond motifs is 1. The Hall–Kier alpha value is -4.66. The molecule has 0 spiro atoms. The van der Waals surface area contributed by atoms with E-state index >= 15 is 0 Å². The fourth-order valence-corrected chi connectivity index (χ4v) is 4.50. The molecule has 0 saturated heterocycles. The summed E-state index contributed by atoms with van der Waals surface area (Å²) in [5.74, 6) is -0.656. The fourth-order valence-electron chi connectivity index (χ4n) is 4.50. The number of rotatable bonds is 10. The van der Waals surface area contributed by atoms with E-state index in [0.717, 1.165) is 16.7 Å². The summed E-state index contributed by atoms with van der Waals surface area (Å²) in [4.78, 5) is 53.6. The van der Waals surface area contributed by atoms with Crippen LogP contribution in [0.25, 0.3) is 0 Å². The van der Waals surface area contributed by atoms with Gasteiger partial charge in [0.1, 0.15) is 12.2 Å². The fraction of sp³-hybridized carbons (Fsp3) is 0.333. The first-order valence-electron chi connectivity index (χ1n) is 14.1. The normalized spacial score (nSPS) is 12.5. The summed E-state index contributed by atoms with van der Waals surface area (Å²) in [6.45, 7) is 6.99. The van der Waals surface area contributed by atoms with Gasteiger partial charge in [-0.1, -0.05) is 60.7 Å². The SMILES string of the molecule is CC(C)(C)OC(=O)N(CCCCNC(=O)OCc1ccccc1)Cc1ccc(C(=O)N2Cc3ccccc3C2=O)cc1. The van der Waals surface area contributed by atoms with E-state index in [-0.39, 0.29) is 31.5 Å². The van der Waals surface area contributed by atoms with Gasteiger partial charge in [-0.25, -0.2) is 9.59 Å². The number of nitrogens with one attached hydrogen (secondary N) is 1. The number of hydrogen-bond acceptors (Lipinski definition) is 6. The highest BCUT2D eigenvalue weighted by atomic mass is 16.6. The smallest absolute Gasteiger partial charge is 0.410 e. The summed E-state index contributed by atoms with van der Waals surface area (Å²) in [5, 5.41) is 2.74. The van der Waals surface area contributed by atoms with Gasteiger partial charge < -0.3 is 19.7 Å². The van der Waals surface area contributed by atoms with Gasteiger partial charge in [0.05, 0.1) is 6.54 Å². The molecule has 0 aromatic heterocycles. The Morgan fingerprint density at radius 3 is 2.26 bits per heavy atom. The van der Waals surface area contributed by atoms with Crippen LogP contribution in [-0.4, -0.2) is 52.5 Å². The second kappa shape index (κ2) is 13.8. The number of amides is 4. The second-order valence-corrected chi connectivity index (χ2v) is 11.1. The molecule has 0 saturated carbocycles. The van der Waals surface area contributed by atoms with Crippen molar-refractivity contribution in [3.8, 4) is 0 Å². The predicted molar refractivity (Wildman–Crippen MR) is 158 cm³/mol. The lowest BCUT2D eigenvalue weighted by Crippen LogP contribution is -2.37. The Kier molecular flexibility index (Phi) is 9.96. The van der Waals surface area contributed by atoms with Crippen molar-refractivity contribution in [2.45, 2.75) is 58.9 Å². The number of unbranched alkanes of at least 4 members (excludes halogenated alkanes) is 1. The molecule has 4 rings (SSSR count). The van der Waals surface area contributed by atoms with E-state index in [1.807, 2.05) is 63.2 Å². The van der Waals surface area contributed by atoms with Crippen LogP contribution in [0.5, 0.6) is 0 Å². The van der Waals surface area contributed by atoms with Gasteiger partial charge >= 0.3 is 12.2 Å². The maximum Gasteiger partial charge on any atom is 0.410 e. The lowest BCUT2D eigenvalue weighted by atomic mass is 10.1. The zero-order valence-corrected chi connectivity index (χ0v) is 24.3. The van der Waals surface area contributed by atoms with Crippen LogP contribution in [0.2, 0.25) is 0 Å². The van der Waals surface area contributed by atoms with Gasteiger partial charge in [-0.15, -0.1) is 0 Å². The number of alkyl carbamates (subject to hydrolysis) is 1. The molecule has 3 aromatic rings. The summed E-state index contributed by atoms with van der Waals surface area (Å²) in [6.07, 6.45) is 0.335. The summed E-state index contributed by atoms with van der Waals surface area (Å²) in [7, 11) is 0. The highest BCUT2D eigenvalue weighted by Crippen LogP contribution is 2.24. The molecule has 1 aliphatic heterocycles. The van der Waals surface area contributed by atoms with Crippen LogP contribution in [0.1, 0.15) is 71.0 Å².